The van der Waals surface area contributed by atoms with Crippen LogP contribution in [0.4, 0.5) is 4.39 Å². The highest BCUT2D eigenvalue weighted by atomic mass is 32.2. The number of halogens is 1. The smallest absolute Gasteiger partial charge is 0.241 e. The van der Waals surface area contributed by atoms with Gasteiger partial charge in [0.15, 0.2) is 0 Å². The number of hydrogen-bond donors (Lipinski definition) is 1. The molecule has 0 saturated carbocycles. The molecule has 1 aromatic carbocycles. The summed E-state index contributed by atoms with van der Waals surface area (Å²) >= 11 is 0. The lowest BCUT2D eigenvalue weighted by Gasteiger charge is -2.22. The van der Waals surface area contributed by atoms with Crippen LogP contribution in [0.2, 0.25) is 0 Å². The molecule has 1 amide bonds. The third-order valence-corrected chi connectivity index (χ3v) is 4.06. The first-order valence-corrected chi connectivity index (χ1v) is 6.85. The number of carbonyl (C=O) groups is 1. The van der Waals surface area contributed by atoms with Gasteiger partial charge in [-0.1, -0.05) is 12.1 Å². The van der Waals surface area contributed by atoms with Crippen LogP contribution in [0.1, 0.15) is 23.5 Å². The molecular formula is C11H12FNO3S. The second-order valence-electron chi connectivity index (χ2n) is 4.15. The molecule has 1 N–H and O–H groups in total. The second kappa shape index (κ2) is 4.10. The number of aryl methyl sites for hydroxylation is 1. The summed E-state index contributed by atoms with van der Waals surface area (Å²) in [5.41, 5.74) is 1.01. The Morgan fingerprint density at radius 3 is 2.71 bits per heavy atom. The average Bonchev–Trinajstić information content (AvgIpc) is 2.18. The van der Waals surface area contributed by atoms with Crippen LogP contribution in [0.25, 0.3) is 0 Å². The molecule has 1 aliphatic rings. The van der Waals surface area contributed by atoms with E-state index in [9.17, 15) is 17.6 Å². The number of nitrogens with one attached hydrogen (secondary N) is 1. The Balaban J connectivity index is 2.33. The predicted octanol–water partition coefficient (Wildman–Crippen LogP) is 1.07. The molecule has 4 nitrogen and oxygen atoms in total. The number of carbonyl (C=O) groups excluding carboxylic acids is 1. The molecule has 1 unspecified atom stereocenters. The summed E-state index contributed by atoms with van der Waals surface area (Å²) in [6.07, 6.45) is 0.119. The van der Waals surface area contributed by atoms with Crippen molar-refractivity contribution in [3.8, 4) is 0 Å². The van der Waals surface area contributed by atoms with Crippen molar-refractivity contribution in [2.75, 3.05) is 5.75 Å². The molecule has 1 atom stereocenters. The Kier molecular flexibility index (Phi) is 2.91. The van der Waals surface area contributed by atoms with Crippen LogP contribution >= 0.6 is 0 Å². The fraction of sp³-hybridized carbons (Fsp3) is 0.364. The molecule has 0 aliphatic carbocycles. The quantitative estimate of drug-likeness (QED) is 0.818. The Morgan fingerprint density at radius 2 is 2.12 bits per heavy atom. The fourth-order valence-electron chi connectivity index (χ4n) is 1.89. The van der Waals surface area contributed by atoms with Crippen LogP contribution < -0.4 is 4.72 Å². The molecule has 0 spiro atoms. The van der Waals surface area contributed by atoms with Crippen molar-refractivity contribution in [3.05, 3.63) is 35.1 Å². The molecule has 0 aromatic heterocycles. The van der Waals surface area contributed by atoms with Crippen molar-refractivity contribution in [2.24, 2.45) is 0 Å². The zero-order chi connectivity index (χ0) is 12.6. The van der Waals surface area contributed by atoms with Gasteiger partial charge in [0.1, 0.15) is 5.82 Å². The third kappa shape index (κ3) is 2.46. The Hall–Kier alpha value is -1.43. The maximum atomic E-state index is 13.7. The van der Waals surface area contributed by atoms with Gasteiger partial charge in [-0.2, -0.15) is 0 Å². The number of sulfonamides is 1. The maximum Gasteiger partial charge on any atom is 0.241 e. The molecule has 1 saturated heterocycles. The second-order valence-corrected chi connectivity index (χ2v) is 5.99. The van der Waals surface area contributed by atoms with E-state index in [-0.39, 0.29) is 17.7 Å². The van der Waals surface area contributed by atoms with E-state index in [1.807, 2.05) is 4.72 Å². The van der Waals surface area contributed by atoms with E-state index < -0.39 is 27.7 Å². The summed E-state index contributed by atoms with van der Waals surface area (Å²) in [7, 11) is -3.52. The first-order valence-electron chi connectivity index (χ1n) is 5.19. The SMILES string of the molecule is Cc1ccc(C2CCS(=O)(=O)NC2=O)c(F)c1. The van der Waals surface area contributed by atoms with Crippen LogP contribution in [0.5, 0.6) is 0 Å². The summed E-state index contributed by atoms with van der Waals surface area (Å²) in [6, 6.07) is 4.58. The normalized spacial score (nSPS) is 23.2. The first kappa shape index (κ1) is 12.0. The van der Waals surface area contributed by atoms with Gasteiger partial charge < -0.3 is 0 Å². The molecule has 1 aromatic rings. The summed E-state index contributed by atoms with van der Waals surface area (Å²) in [5.74, 6) is -2.00. The van der Waals surface area contributed by atoms with Crippen molar-refractivity contribution < 1.29 is 17.6 Å². The predicted molar refractivity (Wildman–Crippen MR) is 60.4 cm³/mol. The summed E-state index contributed by atoms with van der Waals surface area (Å²) in [5, 5.41) is 0. The average molecular weight is 257 g/mol. The number of amides is 1. The number of benzene rings is 1. The van der Waals surface area contributed by atoms with Gasteiger partial charge in [0, 0.05) is 5.56 Å². The maximum absolute atomic E-state index is 13.7. The first-order chi connectivity index (χ1) is 7.89. The van der Waals surface area contributed by atoms with Crippen molar-refractivity contribution in [2.45, 2.75) is 19.3 Å². The van der Waals surface area contributed by atoms with Gasteiger partial charge >= 0.3 is 0 Å². The van der Waals surface area contributed by atoms with Gasteiger partial charge in [0.2, 0.25) is 15.9 Å². The highest BCUT2D eigenvalue weighted by Gasteiger charge is 2.32. The van der Waals surface area contributed by atoms with E-state index >= 15 is 0 Å². The lowest BCUT2D eigenvalue weighted by molar-refractivity contribution is -0.121. The Labute approximate surface area is 98.9 Å². The Bertz CT molecular complexity index is 568. The lowest BCUT2D eigenvalue weighted by Crippen LogP contribution is -2.42. The standard InChI is InChI=1S/C11H12FNO3S/c1-7-2-3-8(10(12)6-7)9-4-5-17(15,16)13-11(9)14/h2-3,6,9H,4-5H2,1H3,(H,13,14). The summed E-state index contributed by atoms with van der Waals surface area (Å²) < 4.78 is 37.9. The zero-order valence-electron chi connectivity index (χ0n) is 9.23. The van der Waals surface area contributed by atoms with E-state index in [0.29, 0.717) is 0 Å². The van der Waals surface area contributed by atoms with Gasteiger partial charge in [-0.05, 0) is 25.0 Å². The molecule has 6 heteroatoms. The topological polar surface area (TPSA) is 63.2 Å². The van der Waals surface area contributed by atoms with Crippen LogP contribution in [0.3, 0.4) is 0 Å². The fourth-order valence-corrected chi connectivity index (χ4v) is 2.99. The lowest BCUT2D eigenvalue weighted by atomic mass is 9.94. The number of hydrogen-bond acceptors (Lipinski definition) is 3. The van der Waals surface area contributed by atoms with Gasteiger partial charge in [0.25, 0.3) is 0 Å². The highest BCUT2D eigenvalue weighted by Crippen LogP contribution is 2.26. The van der Waals surface area contributed by atoms with E-state index in [4.69, 9.17) is 0 Å². The molecule has 2 rings (SSSR count). The number of rotatable bonds is 1. The molecule has 0 bridgehead atoms. The molecule has 0 radical (unpaired) electrons. The van der Waals surface area contributed by atoms with Crippen molar-refractivity contribution in [3.63, 3.8) is 0 Å². The van der Waals surface area contributed by atoms with Crippen LogP contribution in [-0.2, 0) is 14.8 Å². The molecule has 1 aliphatic heterocycles. The van der Waals surface area contributed by atoms with Gasteiger partial charge in [0.05, 0.1) is 11.7 Å². The van der Waals surface area contributed by atoms with E-state index in [1.165, 1.54) is 12.1 Å². The van der Waals surface area contributed by atoms with E-state index in [1.54, 1.807) is 13.0 Å². The van der Waals surface area contributed by atoms with Crippen molar-refractivity contribution in [1.82, 2.24) is 4.72 Å². The Morgan fingerprint density at radius 1 is 1.41 bits per heavy atom. The minimum atomic E-state index is -3.52. The van der Waals surface area contributed by atoms with Crippen LogP contribution in [-0.4, -0.2) is 20.1 Å². The summed E-state index contributed by atoms with van der Waals surface area (Å²) in [6.45, 7) is 1.75. The van der Waals surface area contributed by atoms with Crippen molar-refractivity contribution >= 4 is 15.9 Å². The monoisotopic (exact) mass is 257 g/mol. The van der Waals surface area contributed by atoms with Gasteiger partial charge in [-0.25, -0.2) is 12.8 Å². The minimum Gasteiger partial charge on any atom is -0.273 e. The molecular weight excluding hydrogens is 245 g/mol. The zero-order valence-corrected chi connectivity index (χ0v) is 10.1. The van der Waals surface area contributed by atoms with Crippen LogP contribution in [0, 0.1) is 12.7 Å². The third-order valence-electron chi connectivity index (χ3n) is 2.78. The van der Waals surface area contributed by atoms with Crippen LogP contribution in [0.15, 0.2) is 18.2 Å². The molecule has 1 fully saturated rings. The van der Waals surface area contributed by atoms with E-state index in [2.05, 4.69) is 0 Å². The molecule has 17 heavy (non-hydrogen) atoms. The van der Waals surface area contributed by atoms with Gasteiger partial charge in [-0.15, -0.1) is 0 Å². The summed E-state index contributed by atoms with van der Waals surface area (Å²) in [4.78, 5) is 11.6. The van der Waals surface area contributed by atoms with E-state index in [0.717, 1.165) is 5.56 Å². The minimum absolute atomic E-state index is 0.119. The van der Waals surface area contributed by atoms with Gasteiger partial charge in [-0.3, -0.25) is 9.52 Å². The highest BCUT2D eigenvalue weighted by molar-refractivity contribution is 7.90. The largest absolute Gasteiger partial charge is 0.273 e. The molecule has 1 heterocycles. The molecule has 92 valence electrons. The van der Waals surface area contributed by atoms with Crippen molar-refractivity contribution in [1.29, 1.82) is 0 Å².